The first-order valence-corrected chi connectivity index (χ1v) is 7.60. The molecule has 0 saturated carbocycles. The summed E-state index contributed by atoms with van der Waals surface area (Å²) >= 11 is 5.82. The Morgan fingerprint density at radius 3 is 2.55 bits per heavy atom. The van der Waals surface area contributed by atoms with Crippen LogP contribution < -0.4 is 10.6 Å². The summed E-state index contributed by atoms with van der Waals surface area (Å²) in [6, 6.07) is 7.16. The van der Waals surface area contributed by atoms with Gasteiger partial charge in [-0.3, -0.25) is 0 Å². The SMILES string of the molecule is CC[C@@H](CN1CCCC1)NC(=O)Nc1ccc(Cl)cc1. The van der Waals surface area contributed by atoms with Crippen LogP contribution in [0.1, 0.15) is 26.2 Å². The third-order valence-electron chi connectivity index (χ3n) is 3.61. The molecule has 2 amide bonds. The highest BCUT2D eigenvalue weighted by Gasteiger charge is 2.17. The molecule has 0 spiro atoms. The zero-order chi connectivity index (χ0) is 14.4. The van der Waals surface area contributed by atoms with Crippen molar-refractivity contribution >= 4 is 23.3 Å². The molecular weight excluding hydrogens is 274 g/mol. The van der Waals surface area contributed by atoms with Gasteiger partial charge in [0.15, 0.2) is 0 Å². The van der Waals surface area contributed by atoms with Gasteiger partial charge < -0.3 is 15.5 Å². The molecule has 1 aromatic rings. The van der Waals surface area contributed by atoms with Crippen LogP contribution in [-0.4, -0.2) is 36.6 Å². The number of hydrogen-bond acceptors (Lipinski definition) is 2. The van der Waals surface area contributed by atoms with Crippen LogP contribution in [0.3, 0.4) is 0 Å². The van der Waals surface area contributed by atoms with Crippen LogP contribution >= 0.6 is 11.6 Å². The molecule has 0 bridgehead atoms. The number of carbonyl (C=O) groups excluding carboxylic acids is 1. The highest BCUT2D eigenvalue weighted by molar-refractivity contribution is 6.30. The molecule has 20 heavy (non-hydrogen) atoms. The number of rotatable bonds is 5. The molecule has 1 heterocycles. The van der Waals surface area contributed by atoms with Crippen LogP contribution in [0, 0.1) is 0 Å². The maximum absolute atomic E-state index is 12.0. The average molecular weight is 296 g/mol. The van der Waals surface area contributed by atoms with Gasteiger partial charge in [-0.1, -0.05) is 18.5 Å². The maximum Gasteiger partial charge on any atom is 0.319 e. The zero-order valence-corrected chi connectivity index (χ0v) is 12.6. The zero-order valence-electron chi connectivity index (χ0n) is 11.9. The van der Waals surface area contributed by atoms with Gasteiger partial charge in [-0.05, 0) is 56.6 Å². The Kier molecular flexibility index (Phi) is 5.68. The number of halogens is 1. The van der Waals surface area contributed by atoms with Crippen molar-refractivity contribution in [2.24, 2.45) is 0 Å². The summed E-state index contributed by atoms with van der Waals surface area (Å²) < 4.78 is 0. The monoisotopic (exact) mass is 295 g/mol. The van der Waals surface area contributed by atoms with Crippen molar-refractivity contribution in [3.8, 4) is 0 Å². The van der Waals surface area contributed by atoms with E-state index in [0.29, 0.717) is 5.02 Å². The van der Waals surface area contributed by atoms with E-state index >= 15 is 0 Å². The number of likely N-dealkylation sites (tertiary alicyclic amines) is 1. The molecule has 0 aromatic heterocycles. The Morgan fingerprint density at radius 2 is 1.95 bits per heavy atom. The van der Waals surface area contributed by atoms with Gasteiger partial charge in [-0.2, -0.15) is 0 Å². The number of nitrogens with one attached hydrogen (secondary N) is 2. The van der Waals surface area contributed by atoms with Gasteiger partial charge in [0, 0.05) is 23.3 Å². The summed E-state index contributed by atoms with van der Waals surface area (Å²) in [5.41, 5.74) is 0.753. The van der Waals surface area contributed by atoms with Gasteiger partial charge in [-0.15, -0.1) is 0 Å². The molecule has 4 nitrogen and oxygen atoms in total. The average Bonchev–Trinajstić information content (AvgIpc) is 2.93. The fourth-order valence-electron chi connectivity index (χ4n) is 2.44. The fourth-order valence-corrected chi connectivity index (χ4v) is 2.57. The molecule has 0 radical (unpaired) electrons. The van der Waals surface area contributed by atoms with Gasteiger partial charge in [-0.25, -0.2) is 4.79 Å². The quantitative estimate of drug-likeness (QED) is 0.875. The van der Waals surface area contributed by atoms with E-state index in [2.05, 4.69) is 22.5 Å². The van der Waals surface area contributed by atoms with Crippen molar-refractivity contribution in [1.82, 2.24) is 10.2 Å². The van der Waals surface area contributed by atoms with Crippen LogP contribution in [0.4, 0.5) is 10.5 Å². The van der Waals surface area contributed by atoms with Gasteiger partial charge in [0.25, 0.3) is 0 Å². The van der Waals surface area contributed by atoms with E-state index in [1.54, 1.807) is 24.3 Å². The minimum absolute atomic E-state index is 0.154. The Balaban J connectivity index is 1.80. The second kappa shape index (κ2) is 7.50. The van der Waals surface area contributed by atoms with Crippen LogP contribution in [-0.2, 0) is 0 Å². The largest absolute Gasteiger partial charge is 0.334 e. The standard InChI is InChI=1S/C15H22ClN3O/c1-2-13(11-19-9-3-4-10-19)17-15(20)18-14-7-5-12(16)6-8-14/h5-8,13H,2-4,9-11H2,1H3,(H2,17,18,20)/t13-/m0/s1. The first kappa shape index (κ1) is 15.1. The van der Waals surface area contributed by atoms with E-state index in [1.165, 1.54) is 12.8 Å². The number of anilines is 1. The topological polar surface area (TPSA) is 44.4 Å². The van der Waals surface area contributed by atoms with Crippen molar-refractivity contribution < 1.29 is 4.79 Å². The summed E-state index contributed by atoms with van der Waals surface area (Å²) in [6.07, 6.45) is 3.48. The molecule has 2 rings (SSSR count). The number of amides is 2. The van der Waals surface area contributed by atoms with Crippen LogP contribution in [0.25, 0.3) is 0 Å². The molecule has 110 valence electrons. The molecule has 1 aromatic carbocycles. The third-order valence-corrected chi connectivity index (χ3v) is 3.86. The van der Waals surface area contributed by atoms with Crippen molar-refractivity contribution in [1.29, 1.82) is 0 Å². The summed E-state index contributed by atoms with van der Waals surface area (Å²) in [6.45, 7) is 5.34. The lowest BCUT2D eigenvalue weighted by atomic mass is 10.2. The number of nitrogens with zero attached hydrogens (tertiary/aromatic N) is 1. The molecular formula is C15H22ClN3O. The minimum atomic E-state index is -0.154. The van der Waals surface area contributed by atoms with Crippen LogP contribution in [0.2, 0.25) is 5.02 Å². The van der Waals surface area contributed by atoms with Crippen molar-refractivity contribution in [2.45, 2.75) is 32.2 Å². The predicted octanol–water partition coefficient (Wildman–Crippen LogP) is 3.34. The molecule has 0 unspecified atom stereocenters. The number of benzene rings is 1. The maximum atomic E-state index is 12.0. The molecule has 1 atom stereocenters. The molecule has 0 aliphatic carbocycles. The first-order chi connectivity index (χ1) is 9.67. The van der Waals surface area contributed by atoms with Gasteiger partial charge >= 0.3 is 6.03 Å². The Bertz CT molecular complexity index is 429. The summed E-state index contributed by atoms with van der Waals surface area (Å²) in [7, 11) is 0. The number of urea groups is 1. The molecule has 1 aliphatic heterocycles. The Labute approximate surface area is 125 Å². The molecule has 5 heteroatoms. The number of carbonyl (C=O) groups is 1. The minimum Gasteiger partial charge on any atom is -0.334 e. The first-order valence-electron chi connectivity index (χ1n) is 7.23. The summed E-state index contributed by atoms with van der Waals surface area (Å²) in [4.78, 5) is 14.4. The Hall–Kier alpha value is -1.26. The smallest absolute Gasteiger partial charge is 0.319 e. The summed E-state index contributed by atoms with van der Waals surface area (Å²) in [5, 5.41) is 6.53. The van der Waals surface area contributed by atoms with Crippen molar-refractivity contribution in [2.75, 3.05) is 25.0 Å². The van der Waals surface area contributed by atoms with E-state index in [0.717, 1.165) is 31.7 Å². The fraction of sp³-hybridized carbons (Fsp3) is 0.533. The van der Waals surface area contributed by atoms with Gasteiger partial charge in [0.05, 0.1) is 0 Å². The van der Waals surface area contributed by atoms with Crippen molar-refractivity contribution in [3.05, 3.63) is 29.3 Å². The van der Waals surface area contributed by atoms with E-state index in [-0.39, 0.29) is 12.1 Å². The second-order valence-corrected chi connectivity index (χ2v) is 5.65. The highest BCUT2D eigenvalue weighted by atomic mass is 35.5. The summed E-state index contributed by atoms with van der Waals surface area (Å²) in [5.74, 6) is 0. The molecule has 1 fully saturated rings. The lowest BCUT2D eigenvalue weighted by Gasteiger charge is -2.23. The Morgan fingerprint density at radius 1 is 1.30 bits per heavy atom. The number of hydrogen-bond donors (Lipinski definition) is 2. The van der Waals surface area contributed by atoms with Gasteiger partial charge in [0.2, 0.25) is 0 Å². The van der Waals surface area contributed by atoms with Gasteiger partial charge in [0.1, 0.15) is 0 Å². The molecule has 1 aliphatic rings. The lowest BCUT2D eigenvalue weighted by molar-refractivity contribution is 0.239. The van der Waals surface area contributed by atoms with E-state index in [4.69, 9.17) is 11.6 Å². The van der Waals surface area contributed by atoms with E-state index < -0.39 is 0 Å². The predicted molar refractivity (Wildman–Crippen MR) is 83.4 cm³/mol. The van der Waals surface area contributed by atoms with E-state index in [1.807, 2.05) is 0 Å². The highest BCUT2D eigenvalue weighted by Crippen LogP contribution is 2.13. The lowest BCUT2D eigenvalue weighted by Crippen LogP contribution is -2.44. The van der Waals surface area contributed by atoms with Crippen LogP contribution in [0.15, 0.2) is 24.3 Å². The third kappa shape index (κ3) is 4.69. The second-order valence-electron chi connectivity index (χ2n) is 5.22. The molecule has 2 N–H and O–H groups in total. The van der Waals surface area contributed by atoms with E-state index in [9.17, 15) is 4.79 Å². The van der Waals surface area contributed by atoms with Crippen molar-refractivity contribution in [3.63, 3.8) is 0 Å². The van der Waals surface area contributed by atoms with Crippen LogP contribution in [0.5, 0.6) is 0 Å². The normalized spacial score (nSPS) is 16.9. The molecule has 1 saturated heterocycles.